The van der Waals surface area contributed by atoms with E-state index in [0.717, 1.165) is 25.0 Å². The number of nitrogens with zero attached hydrogens (tertiary/aromatic N) is 1. The fraction of sp³-hybridized carbons (Fsp3) is 0.588. The zero-order valence-electron chi connectivity index (χ0n) is 12.8. The zero-order valence-corrected chi connectivity index (χ0v) is 12.8. The van der Waals surface area contributed by atoms with Crippen LogP contribution < -0.4 is 5.73 Å². The van der Waals surface area contributed by atoms with Crippen molar-refractivity contribution >= 4 is 5.91 Å². The van der Waals surface area contributed by atoms with Crippen LogP contribution in [0.2, 0.25) is 0 Å². The summed E-state index contributed by atoms with van der Waals surface area (Å²) in [7, 11) is 0. The van der Waals surface area contributed by atoms with E-state index >= 15 is 0 Å². The molecule has 0 aliphatic carbocycles. The van der Waals surface area contributed by atoms with Gasteiger partial charge in [0, 0.05) is 26.2 Å². The van der Waals surface area contributed by atoms with E-state index in [1.54, 1.807) is 0 Å². The molecule has 1 aromatic rings. The molecule has 1 aromatic carbocycles. The molecular formula is C17H24N2O3. The topological polar surface area (TPSA) is 64.8 Å². The third-order valence-electron chi connectivity index (χ3n) is 4.48. The third-order valence-corrected chi connectivity index (χ3v) is 4.48. The lowest BCUT2D eigenvalue weighted by molar-refractivity contribution is -0.152. The molecule has 3 unspecified atom stereocenters. The number of rotatable bonds is 3. The number of morpholine rings is 1. The van der Waals surface area contributed by atoms with Crippen LogP contribution >= 0.6 is 0 Å². The number of nitrogens with two attached hydrogens (primary N) is 1. The van der Waals surface area contributed by atoms with E-state index in [-0.39, 0.29) is 24.0 Å². The molecule has 2 fully saturated rings. The first kappa shape index (κ1) is 15.5. The SMILES string of the molecule is NCC1CN(C(=O)C2CCCOC2c2ccccc2)CCO1. The van der Waals surface area contributed by atoms with Gasteiger partial charge < -0.3 is 20.1 Å². The Bertz CT molecular complexity index is 494. The molecule has 2 saturated heterocycles. The van der Waals surface area contributed by atoms with Gasteiger partial charge in [-0.25, -0.2) is 0 Å². The summed E-state index contributed by atoms with van der Waals surface area (Å²) in [5.74, 6) is 0.0722. The van der Waals surface area contributed by atoms with Crippen LogP contribution in [0.3, 0.4) is 0 Å². The maximum atomic E-state index is 12.9. The van der Waals surface area contributed by atoms with E-state index in [2.05, 4.69) is 0 Å². The molecule has 22 heavy (non-hydrogen) atoms. The summed E-state index contributed by atoms with van der Waals surface area (Å²) >= 11 is 0. The molecule has 2 aliphatic rings. The first-order valence-electron chi connectivity index (χ1n) is 8.06. The number of benzene rings is 1. The Morgan fingerprint density at radius 2 is 2.05 bits per heavy atom. The van der Waals surface area contributed by atoms with E-state index in [4.69, 9.17) is 15.2 Å². The molecule has 0 saturated carbocycles. The van der Waals surface area contributed by atoms with Crippen molar-refractivity contribution in [1.29, 1.82) is 0 Å². The highest BCUT2D eigenvalue weighted by Crippen LogP contribution is 2.35. The number of carbonyl (C=O) groups excluding carboxylic acids is 1. The lowest BCUT2D eigenvalue weighted by Crippen LogP contribution is -2.51. The number of hydrogen-bond acceptors (Lipinski definition) is 4. The molecule has 5 heteroatoms. The Kier molecular flexibility index (Phi) is 5.08. The van der Waals surface area contributed by atoms with Gasteiger partial charge in [-0.3, -0.25) is 4.79 Å². The molecule has 0 spiro atoms. The standard InChI is InChI=1S/C17H24N2O3/c18-11-14-12-19(8-10-21-14)17(20)15-7-4-9-22-16(15)13-5-2-1-3-6-13/h1-3,5-6,14-16H,4,7-12,18H2. The van der Waals surface area contributed by atoms with E-state index in [9.17, 15) is 4.79 Å². The highest BCUT2D eigenvalue weighted by atomic mass is 16.5. The fourth-order valence-electron chi connectivity index (χ4n) is 3.30. The Morgan fingerprint density at radius 1 is 1.23 bits per heavy atom. The average Bonchev–Trinajstić information content (AvgIpc) is 2.62. The highest BCUT2D eigenvalue weighted by molar-refractivity contribution is 5.80. The van der Waals surface area contributed by atoms with Crippen molar-refractivity contribution in [3.8, 4) is 0 Å². The van der Waals surface area contributed by atoms with E-state index in [0.29, 0.717) is 26.2 Å². The van der Waals surface area contributed by atoms with Crippen LogP contribution in [0.5, 0.6) is 0 Å². The predicted octanol–water partition coefficient (Wildman–Crippen LogP) is 1.34. The van der Waals surface area contributed by atoms with Crippen molar-refractivity contribution in [1.82, 2.24) is 4.90 Å². The largest absolute Gasteiger partial charge is 0.373 e. The molecule has 2 N–H and O–H groups in total. The van der Waals surface area contributed by atoms with Gasteiger partial charge in [-0.2, -0.15) is 0 Å². The number of ether oxygens (including phenoxy) is 2. The summed E-state index contributed by atoms with van der Waals surface area (Å²) in [4.78, 5) is 14.8. The van der Waals surface area contributed by atoms with Crippen molar-refractivity contribution in [2.24, 2.45) is 11.7 Å². The average molecular weight is 304 g/mol. The smallest absolute Gasteiger partial charge is 0.228 e. The fourth-order valence-corrected chi connectivity index (χ4v) is 3.30. The summed E-state index contributed by atoms with van der Waals surface area (Å²) in [6.45, 7) is 2.98. The normalized spacial score (nSPS) is 29.3. The van der Waals surface area contributed by atoms with E-state index in [1.165, 1.54) is 0 Å². The quantitative estimate of drug-likeness (QED) is 0.915. The van der Waals surface area contributed by atoms with Crippen LogP contribution in [0.4, 0.5) is 0 Å². The molecule has 5 nitrogen and oxygen atoms in total. The molecule has 3 rings (SSSR count). The maximum absolute atomic E-state index is 12.9. The molecular weight excluding hydrogens is 280 g/mol. The summed E-state index contributed by atoms with van der Waals surface area (Å²) in [6, 6.07) is 10.1. The second-order valence-corrected chi connectivity index (χ2v) is 5.96. The summed E-state index contributed by atoms with van der Waals surface area (Å²) in [6.07, 6.45) is 1.63. The lowest BCUT2D eigenvalue weighted by Gasteiger charge is -2.38. The van der Waals surface area contributed by atoms with Gasteiger partial charge in [0.2, 0.25) is 5.91 Å². The van der Waals surface area contributed by atoms with Crippen molar-refractivity contribution in [3.05, 3.63) is 35.9 Å². The van der Waals surface area contributed by atoms with Gasteiger partial charge in [-0.1, -0.05) is 30.3 Å². The molecule has 0 radical (unpaired) electrons. The third kappa shape index (κ3) is 3.32. The van der Waals surface area contributed by atoms with Gasteiger partial charge >= 0.3 is 0 Å². The first-order valence-corrected chi connectivity index (χ1v) is 8.06. The van der Waals surface area contributed by atoms with Crippen LogP contribution in [-0.2, 0) is 14.3 Å². The molecule has 0 bridgehead atoms. The van der Waals surface area contributed by atoms with Gasteiger partial charge in [0.1, 0.15) is 0 Å². The summed E-state index contributed by atoms with van der Waals surface area (Å²) in [5, 5.41) is 0. The molecule has 120 valence electrons. The van der Waals surface area contributed by atoms with Gasteiger partial charge in [0.25, 0.3) is 0 Å². The molecule has 0 aromatic heterocycles. The van der Waals surface area contributed by atoms with Crippen LogP contribution in [0.25, 0.3) is 0 Å². The van der Waals surface area contributed by atoms with Crippen molar-refractivity contribution in [2.75, 3.05) is 32.8 Å². The maximum Gasteiger partial charge on any atom is 0.228 e. The highest BCUT2D eigenvalue weighted by Gasteiger charge is 2.37. The Hall–Kier alpha value is -1.43. The van der Waals surface area contributed by atoms with Gasteiger partial charge in [-0.15, -0.1) is 0 Å². The van der Waals surface area contributed by atoms with Crippen LogP contribution in [0.15, 0.2) is 30.3 Å². The second kappa shape index (κ2) is 7.22. The van der Waals surface area contributed by atoms with Crippen LogP contribution in [-0.4, -0.2) is 49.8 Å². The van der Waals surface area contributed by atoms with Gasteiger partial charge in [0.15, 0.2) is 0 Å². The van der Waals surface area contributed by atoms with Crippen molar-refractivity contribution in [3.63, 3.8) is 0 Å². The molecule has 2 heterocycles. The lowest BCUT2D eigenvalue weighted by atomic mass is 9.88. The number of carbonyl (C=O) groups is 1. The number of hydrogen-bond donors (Lipinski definition) is 1. The molecule has 1 amide bonds. The summed E-state index contributed by atoms with van der Waals surface area (Å²) in [5.41, 5.74) is 6.76. The molecule has 3 atom stereocenters. The van der Waals surface area contributed by atoms with Crippen molar-refractivity contribution < 1.29 is 14.3 Å². The minimum Gasteiger partial charge on any atom is -0.373 e. The monoisotopic (exact) mass is 304 g/mol. The Balaban J connectivity index is 1.74. The van der Waals surface area contributed by atoms with E-state index in [1.807, 2.05) is 35.2 Å². The minimum absolute atomic E-state index is 0.0441. The van der Waals surface area contributed by atoms with Gasteiger partial charge in [0.05, 0.1) is 24.7 Å². The minimum atomic E-state index is -0.137. The Morgan fingerprint density at radius 3 is 2.82 bits per heavy atom. The molecule has 2 aliphatic heterocycles. The van der Waals surface area contributed by atoms with Gasteiger partial charge in [-0.05, 0) is 18.4 Å². The number of amides is 1. The van der Waals surface area contributed by atoms with E-state index < -0.39 is 0 Å². The van der Waals surface area contributed by atoms with Crippen molar-refractivity contribution in [2.45, 2.75) is 25.0 Å². The second-order valence-electron chi connectivity index (χ2n) is 5.96. The first-order chi connectivity index (χ1) is 10.8. The Labute approximate surface area is 131 Å². The van der Waals surface area contributed by atoms with Crippen LogP contribution in [0, 0.1) is 5.92 Å². The zero-order chi connectivity index (χ0) is 15.4. The predicted molar refractivity (Wildman–Crippen MR) is 83.2 cm³/mol. The van der Waals surface area contributed by atoms with Crippen LogP contribution in [0.1, 0.15) is 24.5 Å². The summed E-state index contributed by atoms with van der Waals surface area (Å²) < 4.78 is 11.5.